The maximum absolute atomic E-state index is 10.9. The van der Waals surface area contributed by atoms with E-state index in [-0.39, 0.29) is 5.75 Å². The van der Waals surface area contributed by atoms with Crippen molar-refractivity contribution in [3.8, 4) is 11.5 Å². The van der Waals surface area contributed by atoms with Crippen molar-refractivity contribution in [1.82, 2.24) is 0 Å². The van der Waals surface area contributed by atoms with Gasteiger partial charge in [-0.3, -0.25) is 0 Å². The van der Waals surface area contributed by atoms with Crippen LogP contribution in [0, 0.1) is 10.7 Å². The molecule has 0 unspecified atom stereocenters. The number of halogens is 3. The fraction of sp³-hybridized carbons (Fsp3) is 0.226. The molecule has 0 amide bonds. The molecule has 0 spiro atoms. The Morgan fingerprint density at radius 1 is 0.438 bits per heavy atom. The zero-order valence-corrected chi connectivity index (χ0v) is 33.4. The molecular formula is C31H35I3O14. The van der Waals surface area contributed by atoms with Crippen LogP contribution in [0.15, 0.2) is 78.9 Å². The van der Waals surface area contributed by atoms with Crippen molar-refractivity contribution in [2.75, 3.05) is 7.11 Å². The number of hydrogen-bond acceptors (Lipinski definition) is 14. The average molecular weight is 1010 g/mol. The molecule has 1 N–H and O–H groups in total. The fourth-order valence-electron chi connectivity index (χ4n) is 2.64. The van der Waals surface area contributed by atoms with Gasteiger partial charge in [0.25, 0.3) is 0 Å². The third kappa shape index (κ3) is 18.6. The van der Waals surface area contributed by atoms with Crippen LogP contribution in [0.1, 0.15) is 41.5 Å². The van der Waals surface area contributed by atoms with Crippen LogP contribution in [0.3, 0.4) is 0 Å². The van der Waals surface area contributed by atoms with E-state index in [4.69, 9.17) is 28.2 Å². The van der Waals surface area contributed by atoms with Gasteiger partial charge in [0.2, 0.25) is 0 Å². The summed E-state index contributed by atoms with van der Waals surface area (Å²) < 4.78 is 37.3. The van der Waals surface area contributed by atoms with Gasteiger partial charge in [0.1, 0.15) is 0 Å². The molecule has 3 rings (SSSR count). The molecule has 3 aromatic carbocycles. The predicted molar refractivity (Wildman–Crippen MR) is 196 cm³/mol. The number of methoxy groups -OCH3 is 1. The summed E-state index contributed by atoms with van der Waals surface area (Å²) in [4.78, 5) is 65.2. The number of ether oxygens (including phenoxy) is 1. The topological polar surface area (TPSA) is 187 Å². The summed E-state index contributed by atoms with van der Waals surface area (Å²) in [5.41, 5.74) is 0. The van der Waals surface area contributed by atoms with Crippen molar-refractivity contribution in [2.24, 2.45) is 0 Å². The summed E-state index contributed by atoms with van der Waals surface area (Å²) in [5.74, 6) is -1.94. The van der Waals surface area contributed by atoms with Crippen LogP contribution in [0.4, 0.5) is 0 Å². The molecule has 0 aromatic heterocycles. The Morgan fingerprint density at radius 3 is 0.979 bits per heavy atom. The van der Waals surface area contributed by atoms with Crippen molar-refractivity contribution >= 4 is 97.8 Å². The summed E-state index contributed by atoms with van der Waals surface area (Å²) in [6.45, 7) is 7.70. The first kappa shape index (κ1) is 42.3. The molecule has 48 heavy (non-hydrogen) atoms. The number of phenolic OH excluding ortho intramolecular Hbond substituents is 1. The van der Waals surface area contributed by atoms with Crippen LogP contribution in [0.5, 0.6) is 11.5 Å². The van der Waals surface area contributed by atoms with Gasteiger partial charge in [0.15, 0.2) is 0 Å². The van der Waals surface area contributed by atoms with E-state index < -0.39 is 97.8 Å². The van der Waals surface area contributed by atoms with Gasteiger partial charge in [-0.25, -0.2) is 0 Å². The van der Waals surface area contributed by atoms with Crippen molar-refractivity contribution in [3.05, 3.63) is 89.6 Å². The molecule has 0 fully saturated rings. The number of aromatic hydroxyl groups is 1. The summed E-state index contributed by atoms with van der Waals surface area (Å²) in [7, 11) is 1.56. The SMILES string of the molecule is CC(=O)OI(OC(C)=O)c1ccc(O)cc1.CC(=O)OI(OC(C)=O)c1ccccc1.COc1ccc(I(OC(C)=O)OC(C)=O)cc1. The zero-order valence-electron chi connectivity index (χ0n) is 26.9. The third-order valence-corrected chi connectivity index (χ3v) is 15.5. The number of hydrogen-bond donors (Lipinski definition) is 1. The third-order valence-electron chi connectivity index (χ3n) is 4.22. The standard InChI is InChI=1S/C11H13IO5.C10H11IO5.C10H11IO4/c1-8(13)16-12(17-9(2)14)10-4-6-11(15-3)7-5-10;1-7(12)15-11(16-8(2)13)9-3-5-10(14)6-4-9;1-8(12)14-11(15-9(2)13)10-6-4-3-5-7-10/h4-7H,1-3H3;3-6,14H,1-2H3;3-7H,1-2H3. The summed E-state index contributed by atoms with van der Waals surface area (Å²) in [6, 6.07) is 22.0. The average Bonchev–Trinajstić information content (AvgIpc) is 3.00. The van der Waals surface area contributed by atoms with Crippen LogP contribution in [-0.2, 0) is 47.2 Å². The first-order valence-electron chi connectivity index (χ1n) is 13.3. The maximum atomic E-state index is 10.9. The number of rotatable bonds is 10. The molecule has 17 heteroatoms. The van der Waals surface area contributed by atoms with Gasteiger partial charge >= 0.3 is 304 Å². The molecule has 0 saturated heterocycles. The van der Waals surface area contributed by atoms with E-state index in [2.05, 4.69) is 0 Å². The molecule has 0 aliphatic heterocycles. The predicted octanol–water partition coefficient (Wildman–Crippen LogP) is 6.67. The van der Waals surface area contributed by atoms with E-state index in [0.717, 1.165) is 7.14 Å². The second-order valence-electron chi connectivity index (χ2n) is 8.49. The van der Waals surface area contributed by atoms with Gasteiger partial charge in [0.05, 0.1) is 0 Å². The van der Waals surface area contributed by atoms with Crippen LogP contribution in [-0.4, -0.2) is 48.0 Å². The van der Waals surface area contributed by atoms with Crippen molar-refractivity contribution in [1.29, 1.82) is 0 Å². The van der Waals surface area contributed by atoms with Gasteiger partial charge < -0.3 is 0 Å². The Labute approximate surface area is 302 Å². The number of carbonyl (C=O) groups excluding carboxylic acids is 6. The van der Waals surface area contributed by atoms with Crippen molar-refractivity contribution in [3.63, 3.8) is 0 Å². The van der Waals surface area contributed by atoms with Crippen molar-refractivity contribution in [2.45, 2.75) is 41.5 Å². The summed E-state index contributed by atoms with van der Waals surface area (Å²) >= 11 is -8.00. The molecule has 0 aliphatic carbocycles. The molecule has 0 aliphatic rings. The Bertz CT molecular complexity index is 1450. The Morgan fingerprint density at radius 2 is 0.708 bits per heavy atom. The van der Waals surface area contributed by atoms with Gasteiger partial charge in [-0.2, -0.15) is 0 Å². The Hall–Kier alpha value is -3.73. The second-order valence-corrected chi connectivity index (χ2v) is 18.6. The van der Waals surface area contributed by atoms with E-state index in [9.17, 15) is 28.8 Å². The molecule has 0 atom stereocenters. The normalized spacial score (nSPS) is 10.4. The molecular weight excluding hydrogens is 977 g/mol. The minimum atomic E-state index is -2.73. The first-order valence-corrected chi connectivity index (χ1v) is 21.9. The zero-order chi connectivity index (χ0) is 36.2. The van der Waals surface area contributed by atoms with Crippen LogP contribution < -0.4 is 4.74 Å². The van der Waals surface area contributed by atoms with E-state index in [1.165, 1.54) is 53.7 Å². The minimum absolute atomic E-state index is 0.102. The number of carbonyl (C=O) groups is 6. The van der Waals surface area contributed by atoms with Crippen LogP contribution >= 0.6 is 61.9 Å². The van der Waals surface area contributed by atoms with Crippen LogP contribution in [0.25, 0.3) is 0 Å². The van der Waals surface area contributed by atoms with Gasteiger partial charge in [0, 0.05) is 0 Å². The van der Waals surface area contributed by atoms with Gasteiger partial charge in [-0.05, 0) is 0 Å². The van der Waals surface area contributed by atoms with Crippen LogP contribution in [0.2, 0.25) is 0 Å². The first-order chi connectivity index (χ1) is 22.6. The summed E-state index contributed by atoms with van der Waals surface area (Å²) in [6.07, 6.45) is 0. The quantitative estimate of drug-likeness (QED) is 0.212. The monoisotopic (exact) mass is 1010 g/mol. The fourth-order valence-corrected chi connectivity index (χ4v) is 10.7. The van der Waals surface area contributed by atoms with Gasteiger partial charge in [-0.1, -0.05) is 0 Å². The molecule has 0 heterocycles. The Balaban J connectivity index is 0.000000361. The number of phenols is 1. The van der Waals surface area contributed by atoms with E-state index in [0.29, 0.717) is 9.32 Å². The van der Waals surface area contributed by atoms with Gasteiger partial charge in [-0.15, -0.1) is 0 Å². The Kier molecular flexibility index (Phi) is 20.1. The summed E-state index contributed by atoms with van der Waals surface area (Å²) in [5, 5.41) is 9.10. The molecule has 0 radical (unpaired) electrons. The molecule has 14 nitrogen and oxygen atoms in total. The molecule has 0 saturated carbocycles. The van der Waals surface area contributed by atoms with E-state index >= 15 is 0 Å². The number of benzene rings is 3. The second kappa shape index (κ2) is 22.8. The molecule has 264 valence electrons. The molecule has 0 bridgehead atoms. The van der Waals surface area contributed by atoms with E-state index in [1.807, 2.05) is 18.2 Å². The molecule has 3 aromatic rings. The van der Waals surface area contributed by atoms with E-state index in [1.54, 1.807) is 55.6 Å². The van der Waals surface area contributed by atoms with Crippen molar-refractivity contribution < 1.29 is 57.0 Å².